The summed E-state index contributed by atoms with van der Waals surface area (Å²) >= 11 is 13.7. The molecule has 0 spiro atoms. The van der Waals surface area contributed by atoms with E-state index in [1.54, 1.807) is 18.1 Å². The van der Waals surface area contributed by atoms with Gasteiger partial charge in [-0.3, -0.25) is 14.7 Å². The molecule has 0 aromatic heterocycles. The standard InChI is InChI=1S/C19H18Cl2N2O2S/c1-25-16-6-2-13(3-7-16)10-18(24)23-9-8-22-19(23)26-12-14-4-5-15(20)11-17(14)21/h2-7,11H,8-10,12H2,1H3. The highest BCUT2D eigenvalue weighted by atomic mass is 35.5. The Morgan fingerprint density at radius 1 is 1.23 bits per heavy atom. The molecule has 26 heavy (non-hydrogen) atoms. The lowest BCUT2D eigenvalue weighted by Gasteiger charge is -2.18. The number of halogens is 2. The maximum Gasteiger partial charge on any atom is 0.233 e. The summed E-state index contributed by atoms with van der Waals surface area (Å²) in [5.74, 6) is 1.46. The van der Waals surface area contributed by atoms with Gasteiger partial charge in [0.05, 0.1) is 20.1 Å². The van der Waals surface area contributed by atoms with Gasteiger partial charge in [0.25, 0.3) is 0 Å². The summed E-state index contributed by atoms with van der Waals surface area (Å²) < 4.78 is 5.15. The predicted molar refractivity (Wildman–Crippen MR) is 108 cm³/mol. The molecule has 136 valence electrons. The normalized spacial score (nSPS) is 13.7. The first-order valence-electron chi connectivity index (χ1n) is 8.11. The van der Waals surface area contributed by atoms with Gasteiger partial charge in [-0.25, -0.2) is 0 Å². The van der Waals surface area contributed by atoms with E-state index in [0.717, 1.165) is 22.0 Å². The van der Waals surface area contributed by atoms with Crippen LogP contribution in [-0.4, -0.2) is 36.2 Å². The largest absolute Gasteiger partial charge is 0.497 e. The Bertz CT molecular complexity index is 825. The Labute approximate surface area is 167 Å². The quantitative estimate of drug-likeness (QED) is 0.721. The highest BCUT2D eigenvalue weighted by Gasteiger charge is 2.24. The second kappa shape index (κ2) is 8.80. The minimum atomic E-state index is 0.0427. The van der Waals surface area contributed by atoms with Crippen molar-refractivity contribution in [2.24, 2.45) is 4.99 Å². The van der Waals surface area contributed by atoms with Gasteiger partial charge in [-0.15, -0.1) is 0 Å². The number of carbonyl (C=O) groups is 1. The third-order valence-corrected chi connectivity index (χ3v) is 5.64. The number of hydrogen-bond donors (Lipinski definition) is 0. The third kappa shape index (κ3) is 4.72. The highest BCUT2D eigenvalue weighted by molar-refractivity contribution is 8.13. The van der Waals surface area contributed by atoms with E-state index in [1.807, 2.05) is 36.4 Å². The van der Waals surface area contributed by atoms with Gasteiger partial charge < -0.3 is 4.74 Å². The second-order valence-electron chi connectivity index (χ2n) is 5.76. The zero-order chi connectivity index (χ0) is 18.5. The molecule has 1 amide bonds. The van der Waals surface area contributed by atoms with Gasteiger partial charge in [0.2, 0.25) is 5.91 Å². The van der Waals surface area contributed by atoms with Crippen molar-refractivity contribution in [2.75, 3.05) is 20.2 Å². The predicted octanol–water partition coefficient (Wildman–Crippen LogP) is 4.68. The van der Waals surface area contributed by atoms with Crippen molar-refractivity contribution in [1.82, 2.24) is 4.90 Å². The van der Waals surface area contributed by atoms with Crippen molar-refractivity contribution < 1.29 is 9.53 Å². The Kier molecular flexibility index (Phi) is 6.46. The molecule has 0 aliphatic carbocycles. The first-order valence-corrected chi connectivity index (χ1v) is 9.85. The van der Waals surface area contributed by atoms with Crippen molar-refractivity contribution in [3.8, 4) is 5.75 Å². The molecule has 1 aliphatic heterocycles. The van der Waals surface area contributed by atoms with Crippen LogP contribution in [0.1, 0.15) is 11.1 Å². The van der Waals surface area contributed by atoms with E-state index >= 15 is 0 Å². The lowest BCUT2D eigenvalue weighted by Crippen LogP contribution is -2.34. The number of nitrogens with zero attached hydrogens (tertiary/aromatic N) is 2. The molecule has 0 saturated carbocycles. The van der Waals surface area contributed by atoms with E-state index in [4.69, 9.17) is 27.9 Å². The number of carbonyl (C=O) groups excluding carboxylic acids is 1. The van der Waals surface area contributed by atoms with E-state index in [0.29, 0.717) is 35.3 Å². The smallest absolute Gasteiger partial charge is 0.233 e. The van der Waals surface area contributed by atoms with Gasteiger partial charge >= 0.3 is 0 Å². The summed E-state index contributed by atoms with van der Waals surface area (Å²) in [6, 6.07) is 13.0. The Hall–Kier alpha value is -1.69. The minimum Gasteiger partial charge on any atom is -0.497 e. The highest BCUT2D eigenvalue weighted by Crippen LogP contribution is 2.27. The average Bonchev–Trinajstić information content (AvgIpc) is 3.10. The molecule has 3 rings (SSSR count). The van der Waals surface area contributed by atoms with Crippen LogP contribution in [-0.2, 0) is 17.0 Å². The summed E-state index contributed by atoms with van der Waals surface area (Å²) in [5, 5.41) is 1.98. The molecule has 2 aromatic carbocycles. The van der Waals surface area contributed by atoms with Crippen LogP contribution in [0, 0.1) is 0 Å². The van der Waals surface area contributed by atoms with Crippen LogP contribution in [0.4, 0.5) is 0 Å². The summed E-state index contributed by atoms with van der Waals surface area (Å²) in [6.07, 6.45) is 0.339. The molecular formula is C19H18Cl2N2O2S. The monoisotopic (exact) mass is 408 g/mol. The molecule has 4 nitrogen and oxygen atoms in total. The second-order valence-corrected chi connectivity index (χ2v) is 7.55. The van der Waals surface area contributed by atoms with Crippen LogP contribution in [0.5, 0.6) is 5.75 Å². The van der Waals surface area contributed by atoms with Crippen LogP contribution < -0.4 is 4.74 Å². The maximum atomic E-state index is 12.7. The fourth-order valence-electron chi connectivity index (χ4n) is 2.58. The first kappa shape index (κ1) is 19.1. The molecule has 0 N–H and O–H groups in total. The van der Waals surface area contributed by atoms with E-state index in [-0.39, 0.29) is 5.91 Å². The molecule has 1 aliphatic rings. The maximum absolute atomic E-state index is 12.7. The molecule has 2 aromatic rings. The zero-order valence-corrected chi connectivity index (χ0v) is 16.6. The molecule has 0 saturated heterocycles. The van der Waals surface area contributed by atoms with E-state index in [1.165, 1.54) is 11.8 Å². The Balaban J connectivity index is 1.60. The van der Waals surface area contributed by atoms with Gasteiger partial charge in [0.1, 0.15) is 5.75 Å². The van der Waals surface area contributed by atoms with Gasteiger partial charge in [-0.05, 0) is 35.4 Å². The summed E-state index contributed by atoms with van der Waals surface area (Å²) in [7, 11) is 1.62. The van der Waals surface area contributed by atoms with Crippen molar-refractivity contribution in [2.45, 2.75) is 12.2 Å². The number of amidine groups is 1. The van der Waals surface area contributed by atoms with Gasteiger partial charge in [0.15, 0.2) is 5.17 Å². The first-order chi connectivity index (χ1) is 12.6. The summed E-state index contributed by atoms with van der Waals surface area (Å²) in [5.41, 5.74) is 1.92. The molecule has 1 heterocycles. The number of rotatable bonds is 5. The van der Waals surface area contributed by atoms with Crippen LogP contribution in [0.3, 0.4) is 0 Å². The number of amides is 1. The minimum absolute atomic E-state index is 0.0427. The number of ether oxygens (including phenoxy) is 1. The van der Waals surface area contributed by atoms with E-state index in [9.17, 15) is 4.79 Å². The van der Waals surface area contributed by atoms with Crippen molar-refractivity contribution >= 4 is 46.0 Å². The van der Waals surface area contributed by atoms with Crippen molar-refractivity contribution in [3.63, 3.8) is 0 Å². The van der Waals surface area contributed by atoms with E-state index in [2.05, 4.69) is 4.99 Å². The zero-order valence-electron chi connectivity index (χ0n) is 14.2. The number of hydrogen-bond acceptors (Lipinski definition) is 4. The lowest BCUT2D eigenvalue weighted by atomic mass is 10.1. The fraction of sp³-hybridized carbons (Fsp3) is 0.263. The fourth-order valence-corrected chi connectivity index (χ4v) is 4.20. The van der Waals surface area contributed by atoms with Crippen LogP contribution in [0.25, 0.3) is 0 Å². The van der Waals surface area contributed by atoms with E-state index < -0.39 is 0 Å². The molecule has 0 atom stereocenters. The van der Waals surface area contributed by atoms with Gasteiger partial charge in [-0.2, -0.15) is 0 Å². The average molecular weight is 409 g/mol. The number of benzene rings is 2. The molecule has 7 heteroatoms. The Morgan fingerprint density at radius 3 is 2.69 bits per heavy atom. The molecule has 0 unspecified atom stereocenters. The van der Waals surface area contributed by atoms with Crippen LogP contribution in [0.15, 0.2) is 47.5 Å². The SMILES string of the molecule is COc1ccc(CC(=O)N2CCN=C2SCc2ccc(Cl)cc2Cl)cc1. The van der Waals surface area contributed by atoms with Crippen LogP contribution >= 0.6 is 35.0 Å². The number of thioether (sulfide) groups is 1. The van der Waals surface area contributed by atoms with Crippen molar-refractivity contribution in [1.29, 1.82) is 0 Å². The van der Waals surface area contributed by atoms with Crippen LogP contribution in [0.2, 0.25) is 10.0 Å². The van der Waals surface area contributed by atoms with Gasteiger partial charge in [0, 0.05) is 22.3 Å². The molecule has 0 fully saturated rings. The molecule has 0 bridgehead atoms. The van der Waals surface area contributed by atoms with Gasteiger partial charge in [-0.1, -0.05) is 53.2 Å². The number of aliphatic imine (C=N–C) groups is 1. The summed E-state index contributed by atoms with van der Waals surface area (Å²) in [6.45, 7) is 1.25. The molecule has 0 radical (unpaired) electrons. The lowest BCUT2D eigenvalue weighted by molar-refractivity contribution is -0.126. The number of methoxy groups -OCH3 is 1. The topological polar surface area (TPSA) is 41.9 Å². The Morgan fingerprint density at radius 2 is 2.00 bits per heavy atom. The molecular weight excluding hydrogens is 391 g/mol. The third-order valence-electron chi connectivity index (χ3n) is 3.99. The van der Waals surface area contributed by atoms with Crippen molar-refractivity contribution in [3.05, 3.63) is 63.6 Å². The summed E-state index contributed by atoms with van der Waals surface area (Å²) in [4.78, 5) is 18.9.